The van der Waals surface area contributed by atoms with Crippen LogP contribution in [0.3, 0.4) is 0 Å². The zero-order chi connectivity index (χ0) is 18.0. The lowest BCUT2D eigenvalue weighted by Gasteiger charge is -2.15. The lowest BCUT2D eigenvalue weighted by atomic mass is 10.2. The number of sulfonamides is 1. The lowest BCUT2D eigenvalue weighted by molar-refractivity contribution is 0.102. The van der Waals surface area contributed by atoms with E-state index in [0.717, 1.165) is 12.8 Å². The van der Waals surface area contributed by atoms with Gasteiger partial charge in [0.25, 0.3) is 5.91 Å². The van der Waals surface area contributed by atoms with Crippen molar-refractivity contribution in [2.24, 2.45) is 0 Å². The monoisotopic (exact) mass is 426 g/mol. The van der Waals surface area contributed by atoms with E-state index in [2.05, 4.69) is 21.2 Å². The van der Waals surface area contributed by atoms with Gasteiger partial charge in [0.2, 0.25) is 10.0 Å². The van der Waals surface area contributed by atoms with Crippen LogP contribution in [0.25, 0.3) is 0 Å². The summed E-state index contributed by atoms with van der Waals surface area (Å²) in [5.74, 6) is -0.821. The molecule has 3 rings (SSSR count). The van der Waals surface area contributed by atoms with Crippen LogP contribution >= 0.6 is 15.9 Å². The maximum Gasteiger partial charge on any atom is 0.255 e. The highest BCUT2D eigenvalue weighted by Crippen LogP contribution is 2.24. The van der Waals surface area contributed by atoms with E-state index in [0.29, 0.717) is 28.8 Å². The van der Waals surface area contributed by atoms with Crippen LogP contribution in [0.15, 0.2) is 51.8 Å². The number of amides is 1. The molecule has 1 fully saturated rings. The Hall–Kier alpha value is -1.77. The van der Waals surface area contributed by atoms with Crippen molar-refractivity contribution in [3.63, 3.8) is 0 Å². The maximum atomic E-state index is 13.1. The molecule has 1 N–H and O–H groups in total. The highest BCUT2D eigenvalue weighted by atomic mass is 79.9. The average Bonchev–Trinajstić information content (AvgIpc) is 3.13. The Labute approximate surface area is 154 Å². The van der Waals surface area contributed by atoms with Gasteiger partial charge in [-0.15, -0.1) is 0 Å². The molecule has 132 valence electrons. The van der Waals surface area contributed by atoms with Gasteiger partial charge in [-0.05, 0) is 71.2 Å². The Morgan fingerprint density at radius 1 is 1.08 bits per heavy atom. The van der Waals surface area contributed by atoms with Gasteiger partial charge in [-0.25, -0.2) is 12.8 Å². The van der Waals surface area contributed by atoms with Crippen LogP contribution in [0.4, 0.5) is 10.1 Å². The minimum atomic E-state index is -3.50. The number of anilines is 1. The molecule has 0 unspecified atom stereocenters. The summed E-state index contributed by atoms with van der Waals surface area (Å²) in [6.07, 6.45) is 1.73. The first kappa shape index (κ1) is 18.0. The highest BCUT2D eigenvalue weighted by molar-refractivity contribution is 9.10. The largest absolute Gasteiger partial charge is 0.321 e. The smallest absolute Gasteiger partial charge is 0.255 e. The zero-order valence-corrected chi connectivity index (χ0v) is 15.6. The summed E-state index contributed by atoms with van der Waals surface area (Å²) in [6, 6.07) is 9.74. The molecule has 0 spiro atoms. The number of carbonyl (C=O) groups is 1. The predicted octanol–water partition coefficient (Wildman–Crippen LogP) is 3.63. The normalized spacial score (nSPS) is 15.3. The number of rotatable bonds is 4. The van der Waals surface area contributed by atoms with Crippen LogP contribution in [0.5, 0.6) is 0 Å². The number of nitrogens with one attached hydrogen (secondary N) is 1. The maximum absolute atomic E-state index is 13.1. The fourth-order valence-corrected chi connectivity index (χ4v) is 4.61. The van der Waals surface area contributed by atoms with Crippen molar-refractivity contribution < 1.29 is 17.6 Å². The van der Waals surface area contributed by atoms with E-state index >= 15 is 0 Å². The zero-order valence-electron chi connectivity index (χ0n) is 13.2. The summed E-state index contributed by atoms with van der Waals surface area (Å²) < 4.78 is 39.9. The summed E-state index contributed by atoms with van der Waals surface area (Å²) in [6.45, 7) is 1.06. The lowest BCUT2D eigenvalue weighted by Crippen LogP contribution is -2.27. The molecule has 1 saturated heterocycles. The molecule has 0 atom stereocenters. The van der Waals surface area contributed by atoms with Crippen molar-refractivity contribution in [2.45, 2.75) is 17.7 Å². The number of hydrogen-bond acceptors (Lipinski definition) is 3. The molecule has 0 aromatic heterocycles. The third-order valence-electron chi connectivity index (χ3n) is 4.00. The Balaban J connectivity index is 1.76. The first-order chi connectivity index (χ1) is 11.9. The molecule has 8 heteroatoms. The van der Waals surface area contributed by atoms with Crippen LogP contribution in [-0.4, -0.2) is 31.7 Å². The van der Waals surface area contributed by atoms with Gasteiger partial charge in [0.15, 0.2) is 0 Å². The molecule has 1 aliphatic rings. The summed E-state index contributed by atoms with van der Waals surface area (Å²) in [7, 11) is -3.50. The van der Waals surface area contributed by atoms with Gasteiger partial charge in [0.1, 0.15) is 5.82 Å². The Kier molecular flexibility index (Phi) is 5.21. The van der Waals surface area contributed by atoms with Crippen LogP contribution < -0.4 is 5.32 Å². The molecule has 0 radical (unpaired) electrons. The summed E-state index contributed by atoms with van der Waals surface area (Å²) in [4.78, 5) is 12.5. The van der Waals surface area contributed by atoms with E-state index in [1.54, 1.807) is 0 Å². The van der Waals surface area contributed by atoms with E-state index in [1.165, 1.54) is 46.8 Å². The van der Waals surface area contributed by atoms with Crippen LogP contribution in [0.2, 0.25) is 0 Å². The van der Waals surface area contributed by atoms with Gasteiger partial charge in [-0.1, -0.05) is 0 Å². The number of hydrogen-bond donors (Lipinski definition) is 1. The molecular formula is C17H16BrFN2O3S. The van der Waals surface area contributed by atoms with Crippen LogP contribution in [-0.2, 0) is 10.0 Å². The molecule has 1 heterocycles. The fourth-order valence-electron chi connectivity index (χ4n) is 2.64. The van der Waals surface area contributed by atoms with Gasteiger partial charge in [0.05, 0.1) is 10.6 Å². The van der Waals surface area contributed by atoms with E-state index in [1.807, 2.05) is 0 Å². The molecule has 5 nitrogen and oxygen atoms in total. The average molecular weight is 427 g/mol. The summed E-state index contributed by atoms with van der Waals surface area (Å²) in [5.41, 5.74) is 0.747. The fraction of sp³-hybridized carbons (Fsp3) is 0.235. The van der Waals surface area contributed by atoms with E-state index < -0.39 is 21.7 Å². The summed E-state index contributed by atoms with van der Waals surface area (Å²) in [5, 5.41) is 2.65. The Bertz CT molecular complexity index is 895. The van der Waals surface area contributed by atoms with Crippen molar-refractivity contribution in [2.75, 3.05) is 18.4 Å². The summed E-state index contributed by atoms with van der Waals surface area (Å²) >= 11 is 3.18. The molecule has 0 saturated carbocycles. The first-order valence-corrected chi connectivity index (χ1v) is 9.98. The third kappa shape index (κ3) is 3.91. The topological polar surface area (TPSA) is 66.5 Å². The Morgan fingerprint density at radius 2 is 1.72 bits per heavy atom. The third-order valence-corrected chi connectivity index (χ3v) is 6.57. The van der Waals surface area contributed by atoms with Crippen molar-refractivity contribution in [3.05, 3.63) is 58.3 Å². The molecule has 0 aliphatic carbocycles. The standard InChI is InChI=1S/C17H16BrFN2O3S/c18-15-11-13(19)5-8-16(15)20-17(22)12-3-6-14(7-4-12)25(23,24)21-9-1-2-10-21/h3-8,11H,1-2,9-10H2,(H,20,22). The van der Waals surface area contributed by atoms with Gasteiger partial charge in [0, 0.05) is 23.1 Å². The molecule has 1 amide bonds. The molecular weight excluding hydrogens is 411 g/mol. The molecule has 2 aromatic rings. The predicted molar refractivity (Wildman–Crippen MR) is 96.5 cm³/mol. The van der Waals surface area contributed by atoms with Gasteiger partial charge in [-0.3, -0.25) is 4.79 Å². The van der Waals surface area contributed by atoms with Gasteiger partial charge >= 0.3 is 0 Å². The first-order valence-electron chi connectivity index (χ1n) is 7.74. The SMILES string of the molecule is O=C(Nc1ccc(F)cc1Br)c1ccc(S(=O)(=O)N2CCCC2)cc1. The minimum absolute atomic E-state index is 0.175. The molecule has 25 heavy (non-hydrogen) atoms. The number of halogens is 2. The molecule has 0 bridgehead atoms. The second-order valence-corrected chi connectivity index (χ2v) is 8.51. The number of nitrogens with zero attached hydrogens (tertiary/aromatic N) is 1. The Morgan fingerprint density at radius 3 is 2.32 bits per heavy atom. The van der Waals surface area contributed by atoms with E-state index in [4.69, 9.17) is 0 Å². The minimum Gasteiger partial charge on any atom is -0.321 e. The van der Waals surface area contributed by atoms with Crippen molar-refractivity contribution in [1.29, 1.82) is 0 Å². The van der Waals surface area contributed by atoms with Crippen molar-refractivity contribution >= 4 is 37.5 Å². The van der Waals surface area contributed by atoms with E-state index in [9.17, 15) is 17.6 Å². The molecule has 2 aromatic carbocycles. The number of carbonyl (C=O) groups excluding carboxylic acids is 1. The molecule has 1 aliphatic heterocycles. The quantitative estimate of drug-likeness (QED) is 0.811. The van der Waals surface area contributed by atoms with E-state index in [-0.39, 0.29) is 4.90 Å². The van der Waals surface area contributed by atoms with Gasteiger partial charge in [-0.2, -0.15) is 4.31 Å². The second-order valence-electron chi connectivity index (χ2n) is 5.71. The van der Waals surface area contributed by atoms with Crippen LogP contribution in [0, 0.1) is 5.82 Å². The van der Waals surface area contributed by atoms with Crippen molar-refractivity contribution in [3.8, 4) is 0 Å². The highest BCUT2D eigenvalue weighted by Gasteiger charge is 2.27. The van der Waals surface area contributed by atoms with Gasteiger partial charge < -0.3 is 5.32 Å². The van der Waals surface area contributed by atoms with Crippen molar-refractivity contribution in [1.82, 2.24) is 4.31 Å². The number of benzene rings is 2. The van der Waals surface area contributed by atoms with Crippen LogP contribution in [0.1, 0.15) is 23.2 Å². The second kappa shape index (κ2) is 7.23.